The highest BCUT2D eigenvalue weighted by molar-refractivity contribution is 6.17. The van der Waals surface area contributed by atoms with Gasteiger partial charge in [-0.2, -0.15) is 0 Å². The number of ether oxygens (including phenoxy) is 1. The fourth-order valence-corrected chi connectivity index (χ4v) is 1.34. The van der Waals surface area contributed by atoms with Gasteiger partial charge in [0.05, 0.1) is 6.61 Å². The van der Waals surface area contributed by atoms with Crippen LogP contribution >= 0.6 is 11.6 Å². The SMILES string of the molecule is CC(C)CCOCCNC(=O)CCCCCl. The first-order chi connectivity index (χ1) is 7.66. The van der Waals surface area contributed by atoms with E-state index in [4.69, 9.17) is 16.3 Å². The number of carbonyl (C=O) groups is 1. The highest BCUT2D eigenvalue weighted by atomic mass is 35.5. The number of unbranched alkanes of at least 4 members (excludes halogenated alkanes) is 1. The number of alkyl halides is 1. The topological polar surface area (TPSA) is 38.3 Å². The Morgan fingerprint density at radius 3 is 2.69 bits per heavy atom. The summed E-state index contributed by atoms with van der Waals surface area (Å²) < 4.78 is 5.38. The summed E-state index contributed by atoms with van der Waals surface area (Å²) in [4.78, 5) is 11.2. The van der Waals surface area contributed by atoms with Crippen LogP contribution < -0.4 is 5.32 Å². The summed E-state index contributed by atoms with van der Waals surface area (Å²) in [5.74, 6) is 1.40. The van der Waals surface area contributed by atoms with Crippen LogP contribution in [0.2, 0.25) is 0 Å². The molecular formula is C12H24ClNO2. The van der Waals surface area contributed by atoms with E-state index < -0.39 is 0 Å². The van der Waals surface area contributed by atoms with Crippen molar-refractivity contribution in [1.29, 1.82) is 0 Å². The van der Waals surface area contributed by atoms with Crippen LogP contribution in [0.1, 0.15) is 39.5 Å². The van der Waals surface area contributed by atoms with Gasteiger partial charge >= 0.3 is 0 Å². The summed E-state index contributed by atoms with van der Waals surface area (Å²) in [6.45, 7) is 6.33. The lowest BCUT2D eigenvalue weighted by Gasteiger charge is -2.07. The number of hydrogen-bond donors (Lipinski definition) is 1. The van der Waals surface area contributed by atoms with Crippen LogP contribution in [-0.4, -0.2) is 31.5 Å². The van der Waals surface area contributed by atoms with E-state index in [-0.39, 0.29) is 5.91 Å². The van der Waals surface area contributed by atoms with Crippen LogP contribution in [0.15, 0.2) is 0 Å². The molecule has 0 fully saturated rings. The van der Waals surface area contributed by atoms with Gasteiger partial charge < -0.3 is 10.1 Å². The minimum Gasteiger partial charge on any atom is -0.380 e. The number of hydrogen-bond acceptors (Lipinski definition) is 2. The van der Waals surface area contributed by atoms with Gasteiger partial charge in [-0.15, -0.1) is 11.6 Å². The Labute approximate surface area is 104 Å². The van der Waals surface area contributed by atoms with Gasteiger partial charge in [0.1, 0.15) is 0 Å². The zero-order valence-electron chi connectivity index (χ0n) is 10.4. The molecule has 16 heavy (non-hydrogen) atoms. The van der Waals surface area contributed by atoms with Crippen LogP contribution in [-0.2, 0) is 9.53 Å². The van der Waals surface area contributed by atoms with E-state index in [1.54, 1.807) is 0 Å². The Morgan fingerprint density at radius 2 is 2.06 bits per heavy atom. The fraction of sp³-hybridized carbons (Fsp3) is 0.917. The van der Waals surface area contributed by atoms with Crippen molar-refractivity contribution in [1.82, 2.24) is 5.32 Å². The van der Waals surface area contributed by atoms with E-state index >= 15 is 0 Å². The molecule has 0 aliphatic heterocycles. The molecule has 0 aromatic heterocycles. The smallest absolute Gasteiger partial charge is 0.220 e. The van der Waals surface area contributed by atoms with Crippen LogP contribution in [0.5, 0.6) is 0 Å². The normalized spacial score (nSPS) is 10.8. The molecule has 0 aromatic rings. The highest BCUT2D eigenvalue weighted by Gasteiger charge is 1.99. The lowest BCUT2D eigenvalue weighted by Crippen LogP contribution is -2.27. The van der Waals surface area contributed by atoms with E-state index in [0.29, 0.717) is 31.4 Å². The predicted molar refractivity (Wildman–Crippen MR) is 67.9 cm³/mol. The Hall–Kier alpha value is -0.280. The zero-order chi connectivity index (χ0) is 12.2. The summed E-state index contributed by atoms with van der Waals surface area (Å²) in [6, 6.07) is 0. The van der Waals surface area contributed by atoms with Gasteiger partial charge in [-0.05, 0) is 25.2 Å². The van der Waals surface area contributed by atoms with Gasteiger partial charge in [-0.1, -0.05) is 13.8 Å². The molecule has 3 nitrogen and oxygen atoms in total. The summed E-state index contributed by atoms with van der Waals surface area (Å²) in [5.41, 5.74) is 0. The Bertz CT molecular complexity index is 174. The molecule has 0 atom stereocenters. The van der Waals surface area contributed by atoms with E-state index in [1.807, 2.05) is 0 Å². The Kier molecular flexibility index (Phi) is 11.0. The standard InChI is InChI=1S/C12H24ClNO2/c1-11(2)6-9-16-10-8-14-12(15)5-3-4-7-13/h11H,3-10H2,1-2H3,(H,14,15). The molecule has 1 amide bonds. The second kappa shape index (κ2) is 11.2. The lowest BCUT2D eigenvalue weighted by atomic mass is 10.1. The molecule has 0 unspecified atom stereocenters. The summed E-state index contributed by atoms with van der Waals surface area (Å²) in [7, 11) is 0. The maximum absolute atomic E-state index is 11.2. The zero-order valence-corrected chi connectivity index (χ0v) is 11.2. The molecule has 4 heteroatoms. The molecule has 0 aromatic carbocycles. The molecular weight excluding hydrogens is 226 g/mol. The van der Waals surface area contributed by atoms with Crippen molar-refractivity contribution >= 4 is 17.5 Å². The fourth-order valence-electron chi connectivity index (χ4n) is 1.15. The van der Waals surface area contributed by atoms with Crippen molar-refractivity contribution in [2.75, 3.05) is 25.6 Å². The van der Waals surface area contributed by atoms with Crippen molar-refractivity contribution in [2.45, 2.75) is 39.5 Å². The maximum atomic E-state index is 11.2. The number of carbonyl (C=O) groups excluding carboxylic acids is 1. The number of amides is 1. The van der Waals surface area contributed by atoms with Crippen molar-refractivity contribution in [3.8, 4) is 0 Å². The molecule has 1 N–H and O–H groups in total. The summed E-state index contributed by atoms with van der Waals surface area (Å²) >= 11 is 5.52. The molecule has 0 aliphatic rings. The summed E-state index contributed by atoms with van der Waals surface area (Å²) in [5, 5.41) is 2.82. The minimum atomic E-state index is 0.0950. The third kappa shape index (κ3) is 11.8. The third-order valence-corrected chi connectivity index (χ3v) is 2.46. The first-order valence-electron chi connectivity index (χ1n) is 6.07. The second-order valence-corrected chi connectivity index (χ2v) is 4.67. The molecule has 0 saturated heterocycles. The van der Waals surface area contributed by atoms with Gasteiger partial charge in [0.15, 0.2) is 0 Å². The third-order valence-electron chi connectivity index (χ3n) is 2.20. The highest BCUT2D eigenvalue weighted by Crippen LogP contribution is 1.98. The number of rotatable bonds is 10. The predicted octanol–water partition coefficient (Wildman–Crippen LogP) is 2.57. The second-order valence-electron chi connectivity index (χ2n) is 4.29. The van der Waals surface area contributed by atoms with Gasteiger partial charge in [-0.25, -0.2) is 0 Å². The molecule has 0 radical (unpaired) electrons. The molecule has 0 rings (SSSR count). The van der Waals surface area contributed by atoms with Crippen molar-refractivity contribution < 1.29 is 9.53 Å². The van der Waals surface area contributed by atoms with Crippen molar-refractivity contribution in [2.24, 2.45) is 5.92 Å². The van der Waals surface area contributed by atoms with Gasteiger partial charge in [0, 0.05) is 25.5 Å². The first-order valence-corrected chi connectivity index (χ1v) is 6.60. The van der Waals surface area contributed by atoms with Gasteiger partial charge in [0.25, 0.3) is 0 Å². The van der Waals surface area contributed by atoms with Crippen molar-refractivity contribution in [3.63, 3.8) is 0 Å². The van der Waals surface area contributed by atoms with E-state index in [9.17, 15) is 4.79 Å². The first kappa shape index (κ1) is 15.7. The van der Waals surface area contributed by atoms with E-state index in [1.165, 1.54) is 0 Å². The Balaban J connectivity index is 3.15. The number of nitrogens with one attached hydrogen (secondary N) is 1. The largest absolute Gasteiger partial charge is 0.380 e. The van der Waals surface area contributed by atoms with Crippen LogP contribution in [0, 0.1) is 5.92 Å². The van der Waals surface area contributed by atoms with E-state index in [2.05, 4.69) is 19.2 Å². The minimum absolute atomic E-state index is 0.0950. The molecule has 0 saturated carbocycles. The average Bonchev–Trinajstić information content (AvgIpc) is 2.23. The van der Waals surface area contributed by atoms with Crippen LogP contribution in [0.4, 0.5) is 0 Å². The average molecular weight is 250 g/mol. The van der Waals surface area contributed by atoms with E-state index in [0.717, 1.165) is 25.9 Å². The Morgan fingerprint density at radius 1 is 1.31 bits per heavy atom. The van der Waals surface area contributed by atoms with Crippen LogP contribution in [0.25, 0.3) is 0 Å². The maximum Gasteiger partial charge on any atom is 0.220 e. The van der Waals surface area contributed by atoms with Crippen LogP contribution in [0.3, 0.4) is 0 Å². The lowest BCUT2D eigenvalue weighted by molar-refractivity contribution is -0.121. The van der Waals surface area contributed by atoms with Crippen molar-refractivity contribution in [3.05, 3.63) is 0 Å². The summed E-state index contributed by atoms with van der Waals surface area (Å²) in [6.07, 6.45) is 3.41. The molecule has 0 heterocycles. The monoisotopic (exact) mass is 249 g/mol. The van der Waals surface area contributed by atoms with Gasteiger partial charge in [-0.3, -0.25) is 4.79 Å². The molecule has 0 bridgehead atoms. The van der Waals surface area contributed by atoms with Gasteiger partial charge in [0.2, 0.25) is 5.91 Å². The quantitative estimate of drug-likeness (QED) is 0.477. The number of halogens is 1. The molecule has 0 aliphatic carbocycles. The molecule has 96 valence electrons. The molecule has 0 spiro atoms.